The Morgan fingerprint density at radius 3 is 2.56 bits per heavy atom. The van der Waals surface area contributed by atoms with Crippen molar-refractivity contribution in [3.8, 4) is 5.88 Å². The average Bonchev–Trinajstić information content (AvgIpc) is 2.30. The standard InChI is InChI=1S/C11H19N3O2/c1-11(2,15-3)6-7-16-10-5-4-9(8-12)13-14-10/h4-5H,6-8,12H2,1-3H3. The highest BCUT2D eigenvalue weighted by Gasteiger charge is 2.16. The zero-order valence-electron chi connectivity index (χ0n) is 10.1. The first-order valence-electron chi connectivity index (χ1n) is 5.28. The number of hydrogen-bond acceptors (Lipinski definition) is 5. The van der Waals surface area contributed by atoms with Crippen LogP contribution in [0.5, 0.6) is 5.88 Å². The van der Waals surface area contributed by atoms with E-state index in [0.717, 1.165) is 12.1 Å². The zero-order chi connectivity index (χ0) is 12.0. The third kappa shape index (κ3) is 4.12. The van der Waals surface area contributed by atoms with Crippen molar-refractivity contribution in [2.24, 2.45) is 5.73 Å². The first-order chi connectivity index (χ1) is 7.57. The maximum atomic E-state index is 5.45. The molecule has 0 aliphatic rings. The van der Waals surface area contributed by atoms with Crippen LogP contribution in [0.1, 0.15) is 26.0 Å². The molecule has 0 amide bonds. The van der Waals surface area contributed by atoms with E-state index >= 15 is 0 Å². The van der Waals surface area contributed by atoms with E-state index in [1.165, 1.54) is 0 Å². The monoisotopic (exact) mass is 225 g/mol. The molecule has 1 rings (SSSR count). The summed E-state index contributed by atoms with van der Waals surface area (Å²) in [6.45, 7) is 4.97. The lowest BCUT2D eigenvalue weighted by atomic mass is 10.1. The number of nitrogens with zero attached hydrogens (tertiary/aromatic N) is 2. The number of methoxy groups -OCH3 is 1. The smallest absolute Gasteiger partial charge is 0.233 e. The predicted octanol–water partition coefficient (Wildman–Crippen LogP) is 1.13. The van der Waals surface area contributed by atoms with Crippen molar-refractivity contribution in [3.05, 3.63) is 17.8 Å². The maximum absolute atomic E-state index is 5.45. The van der Waals surface area contributed by atoms with E-state index in [4.69, 9.17) is 15.2 Å². The highest BCUT2D eigenvalue weighted by molar-refractivity contribution is 5.11. The number of aromatic nitrogens is 2. The van der Waals surface area contributed by atoms with E-state index < -0.39 is 0 Å². The van der Waals surface area contributed by atoms with E-state index in [1.54, 1.807) is 13.2 Å². The van der Waals surface area contributed by atoms with Gasteiger partial charge in [-0.15, -0.1) is 5.10 Å². The highest BCUT2D eigenvalue weighted by Crippen LogP contribution is 2.13. The van der Waals surface area contributed by atoms with E-state index in [-0.39, 0.29) is 5.60 Å². The number of rotatable bonds is 6. The molecule has 0 saturated heterocycles. The molecule has 0 saturated carbocycles. The molecule has 16 heavy (non-hydrogen) atoms. The zero-order valence-corrected chi connectivity index (χ0v) is 10.1. The summed E-state index contributed by atoms with van der Waals surface area (Å²) in [6, 6.07) is 3.58. The van der Waals surface area contributed by atoms with E-state index in [1.807, 2.05) is 19.9 Å². The van der Waals surface area contributed by atoms with Gasteiger partial charge in [-0.25, -0.2) is 0 Å². The largest absolute Gasteiger partial charge is 0.476 e. The van der Waals surface area contributed by atoms with Gasteiger partial charge in [0, 0.05) is 26.1 Å². The van der Waals surface area contributed by atoms with Crippen LogP contribution in [-0.4, -0.2) is 29.5 Å². The van der Waals surface area contributed by atoms with Crippen LogP contribution in [0.3, 0.4) is 0 Å². The summed E-state index contributed by atoms with van der Waals surface area (Å²) >= 11 is 0. The molecule has 0 aromatic carbocycles. The molecule has 5 heteroatoms. The summed E-state index contributed by atoms with van der Waals surface area (Å²) in [4.78, 5) is 0. The van der Waals surface area contributed by atoms with E-state index in [2.05, 4.69) is 10.2 Å². The van der Waals surface area contributed by atoms with Gasteiger partial charge in [-0.2, -0.15) is 5.10 Å². The Morgan fingerprint density at radius 1 is 1.31 bits per heavy atom. The molecule has 0 unspecified atom stereocenters. The van der Waals surface area contributed by atoms with Gasteiger partial charge >= 0.3 is 0 Å². The van der Waals surface area contributed by atoms with Crippen molar-refractivity contribution in [1.29, 1.82) is 0 Å². The number of hydrogen-bond donors (Lipinski definition) is 1. The van der Waals surface area contributed by atoms with Gasteiger partial charge in [0.2, 0.25) is 5.88 Å². The first kappa shape index (κ1) is 12.9. The Morgan fingerprint density at radius 2 is 2.06 bits per heavy atom. The minimum Gasteiger partial charge on any atom is -0.476 e. The van der Waals surface area contributed by atoms with Gasteiger partial charge < -0.3 is 15.2 Å². The van der Waals surface area contributed by atoms with Gasteiger partial charge in [0.15, 0.2) is 0 Å². The van der Waals surface area contributed by atoms with Gasteiger partial charge in [-0.3, -0.25) is 0 Å². The van der Waals surface area contributed by atoms with Crippen LogP contribution in [-0.2, 0) is 11.3 Å². The van der Waals surface area contributed by atoms with Gasteiger partial charge in [0.25, 0.3) is 0 Å². The molecule has 90 valence electrons. The van der Waals surface area contributed by atoms with Crippen LogP contribution in [0.2, 0.25) is 0 Å². The molecule has 0 aliphatic heterocycles. The van der Waals surface area contributed by atoms with Crippen LogP contribution < -0.4 is 10.5 Å². The topological polar surface area (TPSA) is 70.3 Å². The minimum atomic E-state index is -0.176. The Bertz CT molecular complexity index is 312. The minimum absolute atomic E-state index is 0.176. The fourth-order valence-corrected chi connectivity index (χ4v) is 1.04. The summed E-state index contributed by atoms with van der Waals surface area (Å²) in [5.41, 5.74) is 5.99. The van der Waals surface area contributed by atoms with Crippen LogP contribution in [0.15, 0.2) is 12.1 Å². The first-order valence-corrected chi connectivity index (χ1v) is 5.28. The number of ether oxygens (including phenoxy) is 2. The van der Waals surface area contributed by atoms with Crippen molar-refractivity contribution in [2.45, 2.75) is 32.4 Å². The molecular weight excluding hydrogens is 206 g/mol. The van der Waals surface area contributed by atoms with E-state index in [9.17, 15) is 0 Å². The van der Waals surface area contributed by atoms with Crippen LogP contribution >= 0.6 is 0 Å². The fraction of sp³-hybridized carbons (Fsp3) is 0.636. The molecule has 2 N–H and O–H groups in total. The molecular formula is C11H19N3O2. The predicted molar refractivity (Wildman–Crippen MR) is 61.1 cm³/mol. The summed E-state index contributed by atoms with van der Waals surface area (Å²) in [5, 5.41) is 7.80. The molecule has 0 bridgehead atoms. The van der Waals surface area contributed by atoms with Gasteiger partial charge in [0.1, 0.15) is 0 Å². The molecule has 0 fully saturated rings. The second-order valence-corrected chi connectivity index (χ2v) is 4.13. The fourth-order valence-electron chi connectivity index (χ4n) is 1.04. The second-order valence-electron chi connectivity index (χ2n) is 4.13. The van der Waals surface area contributed by atoms with Crippen molar-refractivity contribution in [3.63, 3.8) is 0 Å². The Balaban J connectivity index is 2.37. The van der Waals surface area contributed by atoms with Gasteiger partial charge in [0.05, 0.1) is 17.9 Å². The lowest BCUT2D eigenvalue weighted by Crippen LogP contribution is -2.25. The van der Waals surface area contributed by atoms with Gasteiger partial charge in [-0.1, -0.05) is 0 Å². The van der Waals surface area contributed by atoms with Crippen LogP contribution in [0, 0.1) is 0 Å². The summed E-state index contributed by atoms with van der Waals surface area (Å²) in [5.74, 6) is 0.518. The normalized spacial score (nSPS) is 11.5. The lowest BCUT2D eigenvalue weighted by Gasteiger charge is -2.22. The average molecular weight is 225 g/mol. The Hall–Kier alpha value is -1.20. The summed E-state index contributed by atoms with van der Waals surface area (Å²) in [7, 11) is 1.69. The highest BCUT2D eigenvalue weighted by atomic mass is 16.5. The molecule has 0 aliphatic carbocycles. The Labute approximate surface area is 96.0 Å². The van der Waals surface area contributed by atoms with E-state index in [0.29, 0.717) is 19.0 Å². The van der Waals surface area contributed by atoms with Gasteiger partial charge in [-0.05, 0) is 19.9 Å². The van der Waals surface area contributed by atoms with Crippen molar-refractivity contribution < 1.29 is 9.47 Å². The molecule has 0 spiro atoms. The summed E-state index contributed by atoms with van der Waals surface area (Å²) < 4.78 is 10.7. The Kier molecular flexibility index (Phi) is 4.64. The molecule has 0 atom stereocenters. The molecule has 1 aromatic heterocycles. The van der Waals surface area contributed by atoms with Crippen molar-refractivity contribution in [2.75, 3.05) is 13.7 Å². The molecule has 1 aromatic rings. The van der Waals surface area contributed by atoms with Crippen LogP contribution in [0.25, 0.3) is 0 Å². The SMILES string of the molecule is COC(C)(C)CCOc1ccc(CN)nn1. The van der Waals surface area contributed by atoms with Crippen LogP contribution in [0.4, 0.5) is 0 Å². The molecule has 0 radical (unpaired) electrons. The quantitative estimate of drug-likeness (QED) is 0.785. The second kappa shape index (κ2) is 5.77. The maximum Gasteiger partial charge on any atom is 0.233 e. The van der Waals surface area contributed by atoms with Crippen molar-refractivity contribution in [1.82, 2.24) is 10.2 Å². The molecule has 5 nitrogen and oxygen atoms in total. The third-order valence-electron chi connectivity index (χ3n) is 2.41. The number of nitrogens with two attached hydrogens (primary N) is 1. The molecule has 1 heterocycles. The summed E-state index contributed by atoms with van der Waals surface area (Å²) in [6.07, 6.45) is 0.795. The third-order valence-corrected chi connectivity index (χ3v) is 2.41. The lowest BCUT2D eigenvalue weighted by molar-refractivity contribution is 0.00500. The van der Waals surface area contributed by atoms with Crippen molar-refractivity contribution >= 4 is 0 Å².